The van der Waals surface area contributed by atoms with Crippen LogP contribution in [0, 0.1) is 0 Å². The predicted molar refractivity (Wildman–Crippen MR) is 49.3 cm³/mol. The number of nitrogens with two attached hydrogens (primary N) is 2. The summed E-state index contributed by atoms with van der Waals surface area (Å²) < 4.78 is 1.28. The van der Waals surface area contributed by atoms with Gasteiger partial charge in [0.25, 0.3) is 0 Å². The largest absolute Gasteiger partial charge is 0.368 e. The molecule has 0 aliphatic rings. The Kier molecular flexibility index (Phi) is 1.38. The molecular weight excluding hydrogens is 176 g/mol. The van der Waals surface area contributed by atoms with Crippen molar-refractivity contribution < 1.29 is 0 Å². The van der Waals surface area contributed by atoms with Gasteiger partial charge < -0.3 is 11.6 Å². The molecule has 0 spiro atoms. The number of hydrogen-bond donors (Lipinski definition) is 2. The summed E-state index contributed by atoms with van der Waals surface area (Å²) in [4.78, 5) is 4.00. The van der Waals surface area contributed by atoms with Crippen LogP contribution in [0.5, 0.6) is 0 Å². The van der Waals surface area contributed by atoms with Crippen molar-refractivity contribution in [1.29, 1.82) is 0 Å². The molecule has 0 unspecified atom stereocenters. The maximum Gasteiger partial charge on any atom is 0.220 e. The highest BCUT2D eigenvalue weighted by Crippen LogP contribution is 2.22. The molecule has 0 saturated heterocycles. The number of rotatable bonds is 0. The van der Waals surface area contributed by atoms with Crippen LogP contribution < -0.4 is 11.6 Å². The molecule has 12 heavy (non-hydrogen) atoms. The molecule has 0 amide bonds. The average Bonchev–Trinajstić information content (AvgIpc) is 2.29. The van der Waals surface area contributed by atoms with Gasteiger partial charge in [-0.15, -0.1) is 0 Å². The van der Waals surface area contributed by atoms with Crippen molar-refractivity contribution in [2.45, 2.75) is 0 Å². The Morgan fingerprint density at radius 1 is 1.42 bits per heavy atom. The molecule has 2 rings (SSSR count). The first-order chi connectivity index (χ1) is 5.70. The van der Waals surface area contributed by atoms with Gasteiger partial charge >= 0.3 is 0 Å². The molecule has 2 aromatic rings. The van der Waals surface area contributed by atoms with Gasteiger partial charge in [-0.25, -0.2) is 9.66 Å². The van der Waals surface area contributed by atoms with E-state index in [4.69, 9.17) is 23.2 Å². The normalized spacial score (nSPS) is 10.8. The fraction of sp³-hybridized carbons (Fsp3) is 0. The van der Waals surface area contributed by atoms with Crippen molar-refractivity contribution in [2.24, 2.45) is 0 Å². The van der Waals surface area contributed by atoms with Crippen LogP contribution in [0.1, 0.15) is 0 Å². The number of aromatic nitrogens is 2. The van der Waals surface area contributed by atoms with E-state index in [0.717, 1.165) is 0 Å². The number of fused-ring (bicyclic) bond motifs is 1. The Bertz CT molecular complexity index is 434. The van der Waals surface area contributed by atoms with Gasteiger partial charge in [0.1, 0.15) is 5.52 Å². The van der Waals surface area contributed by atoms with Crippen molar-refractivity contribution in [2.75, 3.05) is 11.6 Å². The van der Waals surface area contributed by atoms with Crippen molar-refractivity contribution in [1.82, 2.24) is 9.66 Å². The summed E-state index contributed by atoms with van der Waals surface area (Å²) in [5.41, 5.74) is 6.86. The lowest BCUT2D eigenvalue weighted by atomic mass is 10.3. The fourth-order valence-electron chi connectivity index (χ4n) is 1.12. The minimum atomic E-state index is 0.262. The van der Waals surface area contributed by atoms with Gasteiger partial charge in [0, 0.05) is 0 Å². The number of halogens is 1. The fourth-order valence-corrected chi connectivity index (χ4v) is 1.39. The lowest BCUT2D eigenvalue weighted by molar-refractivity contribution is 1.06. The van der Waals surface area contributed by atoms with Crippen LogP contribution in [-0.2, 0) is 0 Å². The van der Waals surface area contributed by atoms with Crippen LogP contribution in [-0.4, -0.2) is 9.66 Å². The average molecular weight is 183 g/mol. The first kappa shape index (κ1) is 7.24. The summed E-state index contributed by atoms with van der Waals surface area (Å²) in [5, 5.41) is 0.555. The molecule has 0 fully saturated rings. The molecule has 4 N–H and O–H groups in total. The van der Waals surface area contributed by atoms with Gasteiger partial charge in [-0.1, -0.05) is 17.7 Å². The van der Waals surface area contributed by atoms with E-state index in [1.54, 1.807) is 18.2 Å². The molecule has 0 radical (unpaired) electrons. The van der Waals surface area contributed by atoms with E-state index in [2.05, 4.69) is 4.98 Å². The highest BCUT2D eigenvalue weighted by molar-refractivity contribution is 6.35. The molecule has 5 heteroatoms. The zero-order valence-electron chi connectivity index (χ0n) is 6.16. The van der Waals surface area contributed by atoms with Gasteiger partial charge in [0.15, 0.2) is 0 Å². The Balaban J connectivity index is 2.97. The number of nitrogen functional groups attached to an aromatic ring is 2. The van der Waals surface area contributed by atoms with E-state index in [1.165, 1.54) is 4.68 Å². The van der Waals surface area contributed by atoms with Crippen molar-refractivity contribution in [3.05, 3.63) is 23.2 Å². The van der Waals surface area contributed by atoms with Crippen molar-refractivity contribution in [3.8, 4) is 0 Å². The predicted octanol–water partition coefficient (Wildman–Crippen LogP) is 0.986. The van der Waals surface area contributed by atoms with Crippen LogP contribution in [0.15, 0.2) is 18.2 Å². The van der Waals surface area contributed by atoms with Gasteiger partial charge in [-0.2, -0.15) is 0 Å². The zero-order valence-corrected chi connectivity index (χ0v) is 6.92. The quantitative estimate of drug-likeness (QED) is 0.597. The summed E-state index contributed by atoms with van der Waals surface area (Å²) in [6, 6.07) is 5.35. The SMILES string of the molecule is Nc1nc2cccc(Cl)c2n1N. The molecular formula is C7H7ClN4. The second-order valence-electron chi connectivity index (χ2n) is 2.45. The summed E-state index contributed by atoms with van der Waals surface area (Å²) >= 11 is 5.88. The third-order valence-corrected chi connectivity index (χ3v) is 1.99. The highest BCUT2D eigenvalue weighted by atomic mass is 35.5. The summed E-state index contributed by atoms with van der Waals surface area (Å²) in [5.74, 6) is 5.85. The Labute approximate surface area is 73.7 Å². The van der Waals surface area contributed by atoms with E-state index < -0.39 is 0 Å². The van der Waals surface area contributed by atoms with Crippen molar-refractivity contribution in [3.63, 3.8) is 0 Å². The van der Waals surface area contributed by atoms with Crippen LogP contribution in [0.2, 0.25) is 5.02 Å². The van der Waals surface area contributed by atoms with Gasteiger partial charge in [0.05, 0.1) is 10.5 Å². The number of hydrogen-bond acceptors (Lipinski definition) is 3. The van der Waals surface area contributed by atoms with Crippen LogP contribution in [0.4, 0.5) is 5.95 Å². The van der Waals surface area contributed by atoms with E-state index in [9.17, 15) is 0 Å². The number of nitrogens with zero attached hydrogens (tertiary/aromatic N) is 2. The zero-order chi connectivity index (χ0) is 8.72. The lowest BCUT2D eigenvalue weighted by Crippen LogP contribution is -2.11. The lowest BCUT2D eigenvalue weighted by Gasteiger charge is -1.97. The molecule has 62 valence electrons. The minimum Gasteiger partial charge on any atom is -0.368 e. The minimum absolute atomic E-state index is 0.262. The maximum absolute atomic E-state index is 5.88. The van der Waals surface area contributed by atoms with Gasteiger partial charge in [-0.3, -0.25) is 0 Å². The standard InChI is InChI=1S/C7H7ClN4/c8-4-2-1-3-5-6(4)12(10)7(9)11-5/h1-3H,10H2,(H2,9,11). The van der Waals surface area contributed by atoms with Crippen molar-refractivity contribution >= 4 is 28.6 Å². The summed E-state index contributed by atoms with van der Waals surface area (Å²) in [7, 11) is 0. The number of para-hydroxylation sites is 1. The number of benzene rings is 1. The molecule has 1 heterocycles. The first-order valence-electron chi connectivity index (χ1n) is 3.37. The molecule has 0 aliphatic heterocycles. The molecule has 1 aromatic heterocycles. The monoisotopic (exact) mass is 182 g/mol. The number of anilines is 1. The van der Waals surface area contributed by atoms with E-state index in [1.807, 2.05) is 0 Å². The molecule has 4 nitrogen and oxygen atoms in total. The van der Waals surface area contributed by atoms with E-state index >= 15 is 0 Å². The van der Waals surface area contributed by atoms with E-state index in [-0.39, 0.29) is 5.95 Å². The first-order valence-corrected chi connectivity index (χ1v) is 3.75. The molecule has 0 bridgehead atoms. The second-order valence-corrected chi connectivity index (χ2v) is 2.85. The van der Waals surface area contributed by atoms with Gasteiger partial charge in [-0.05, 0) is 12.1 Å². The Hall–Kier alpha value is -1.42. The number of imidazole rings is 1. The maximum atomic E-state index is 5.88. The van der Waals surface area contributed by atoms with Crippen LogP contribution in [0.3, 0.4) is 0 Å². The van der Waals surface area contributed by atoms with Gasteiger partial charge in [0.2, 0.25) is 5.95 Å². The molecule has 0 aliphatic carbocycles. The molecule has 0 saturated carbocycles. The smallest absolute Gasteiger partial charge is 0.220 e. The molecule has 0 atom stereocenters. The highest BCUT2D eigenvalue weighted by Gasteiger charge is 2.07. The Morgan fingerprint density at radius 3 is 2.83 bits per heavy atom. The topological polar surface area (TPSA) is 69.9 Å². The third kappa shape index (κ3) is 0.816. The Morgan fingerprint density at radius 2 is 2.17 bits per heavy atom. The summed E-state index contributed by atoms with van der Waals surface area (Å²) in [6.45, 7) is 0. The summed E-state index contributed by atoms with van der Waals surface area (Å²) in [6.07, 6.45) is 0. The second kappa shape index (κ2) is 2.28. The van der Waals surface area contributed by atoms with Crippen LogP contribution in [0.25, 0.3) is 11.0 Å². The third-order valence-electron chi connectivity index (χ3n) is 1.69. The molecule has 1 aromatic carbocycles. The van der Waals surface area contributed by atoms with E-state index in [0.29, 0.717) is 16.1 Å². The van der Waals surface area contributed by atoms with Crippen LogP contribution >= 0.6 is 11.6 Å².